The largest absolute Gasteiger partial charge is 0.493 e. The molecule has 0 spiro atoms. The van der Waals surface area contributed by atoms with Gasteiger partial charge in [0.2, 0.25) is 0 Å². The van der Waals surface area contributed by atoms with Gasteiger partial charge in [-0.1, -0.05) is 11.6 Å². The van der Waals surface area contributed by atoms with Crippen molar-refractivity contribution in [3.05, 3.63) is 35.9 Å². The molecule has 0 fully saturated rings. The summed E-state index contributed by atoms with van der Waals surface area (Å²) in [6.45, 7) is 7.10. The zero-order valence-electron chi connectivity index (χ0n) is 10.7. The van der Waals surface area contributed by atoms with Gasteiger partial charge in [0.15, 0.2) is 11.5 Å². The van der Waals surface area contributed by atoms with E-state index in [4.69, 9.17) is 15.2 Å². The van der Waals surface area contributed by atoms with E-state index >= 15 is 0 Å². The van der Waals surface area contributed by atoms with Gasteiger partial charge in [-0.25, -0.2) is 0 Å². The Hall–Kier alpha value is -1.48. The Bertz CT molecular complexity index is 374. The van der Waals surface area contributed by atoms with Gasteiger partial charge in [-0.05, 0) is 37.6 Å². The second-order valence-corrected chi connectivity index (χ2v) is 4.08. The highest BCUT2D eigenvalue weighted by Crippen LogP contribution is 2.28. The van der Waals surface area contributed by atoms with E-state index in [9.17, 15) is 0 Å². The molecule has 0 atom stereocenters. The maximum Gasteiger partial charge on any atom is 0.161 e. The molecule has 1 rings (SSSR count). The Morgan fingerprint density at radius 3 is 2.71 bits per heavy atom. The molecule has 0 bridgehead atoms. The summed E-state index contributed by atoms with van der Waals surface area (Å²) in [6.07, 6.45) is 1.70. The molecule has 0 aliphatic rings. The first-order valence-corrected chi connectivity index (χ1v) is 5.81. The van der Waals surface area contributed by atoms with E-state index < -0.39 is 0 Å². The molecule has 17 heavy (non-hydrogen) atoms. The van der Waals surface area contributed by atoms with Crippen molar-refractivity contribution in [2.45, 2.75) is 19.8 Å². The Labute approximate surface area is 103 Å². The average Bonchev–Trinajstić information content (AvgIpc) is 2.29. The van der Waals surface area contributed by atoms with Gasteiger partial charge < -0.3 is 15.2 Å². The normalized spacial score (nSPS) is 10.1. The minimum Gasteiger partial charge on any atom is -0.493 e. The third-order valence-corrected chi connectivity index (χ3v) is 2.45. The van der Waals surface area contributed by atoms with E-state index in [1.165, 1.54) is 5.56 Å². The third-order valence-electron chi connectivity index (χ3n) is 2.45. The number of ether oxygens (including phenoxy) is 2. The second kappa shape index (κ2) is 6.97. The van der Waals surface area contributed by atoms with Crippen molar-refractivity contribution < 1.29 is 9.47 Å². The summed E-state index contributed by atoms with van der Waals surface area (Å²) < 4.78 is 11.0. The summed E-state index contributed by atoms with van der Waals surface area (Å²) >= 11 is 0. The average molecular weight is 235 g/mol. The van der Waals surface area contributed by atoms with E-state index in [0.717, 1.165) is 29.9 Å². The monoisotopic (exact) mass is 235 g/mol. The number of hydrogen-bond donors (Lipinski definition) is 1. The van der Waals surface area contributed by atoms with Crippen LogP contribution in [0.15, 0.2) is 30.4 Å². The lowest BCUT2D eigenvalue weighted by Gasteiger charge is -2.12. The van der Waals surface area contributed by atoms with Gasteiger partial charge in [-0.2, -0.15) is 0 Å². The van der Waals surface area contributed by atoms with Crippen LogP contribution >= 0.6 is 0 Å². The molecule has 3 heteroatoms. The smallest absolute Gasteiger partial charge is 0.161 e. The highest BCUT2D eigenvalue weighted by atomic mass is 16.5. The minimum absolute atomic E-state index is 0.623. The van der Waals surface area contributed by atoms with Gasteiger partial charge in [-0.3, -0.25) is 0 Å². The molecule has 0 heterocycles. The molecule has 0 saturated carbocycles. The molecule has 0 aliphatic carbocycles. The topological polar surface area (TPSA) is 44.5 Å². The fourth-order valence-corrected chi connectivity index (χ4v) is 1.49. The highest BCUT2D eigenvalue weighted by molar-refractivity contribution is 5.43. The van der Waals surface area contributed by atoms with Gasteiger partial charge in [0.1, 0.15) is 0 Å². The molecule has 94 valence electrons. The van der Waals surface area contributed by atoms with Crippen LogP contribution < -0.4 is 15.2 Å². The van der Waals surface area contributed by atoms with Crippen molar-refractivity contribution in [3.63, 3.8) is 0 Å². The molecule has 3 nitrogen and oxygen atoms in total. The van der Waals surface area contributed by atoms with Crippen LogP contribution in [0.3, 0.4) is 0 Å². The molecule has 1 aromatic carbocycles. The Morgan fingerprint density at radius 2 is 2.12 bits per heavy atom. The quantitative estimate of drug-likeness (QED) is 0.739. The van der Waals surface area contributed by atoms with E-state index in [0.29, 0.717) is 13.2 Å². The van der Waals surface area contributed by atoms with Crippen LogP contribution in [0, 0.1) is 0 Å². The van der Waals surface area contributed by atoms with Gasteiger partial charge >= 0.3 is 0 Å². The summed E-state index contributed by atoms with van der Waals surface area (Å²) in [5.74, 6) is 1.53. The van der Waals surface area contributed by atoms with Crippen LogP contribution in [0.5, 0.6) is 11.5 Å². The van der Waals surface area contributed by atoms with Crippen molar-refractivity contribution in [1.29, 1.82) is 0 Å². The van der Waals surface area contributed by atoms with Crippen LogP contribution in [0.4, 0.5) is 0 Å². The summed E-state index contributed by atoms with van der Waals surface area (Å²) in [5, 5.41) is 0. The molecule has 0 amide bonds. The molecule has 2 N–H and O–H groups in total. The van der Waals surface area contributed by atoms with Crippen molar-refractivity contribution in [2.75, 3.05) is 20.3 Å². The number of rotatable bonds is 7. The maximum atomic E-state index is 5.70. The number of hydrogen-bond acceptors (Lipinski definition) is 3. The van der Waals surface area contributed by atoms with E-state index in [-0.39, 0.29) is 0 Å². The minimum atomic E-state index is 0.623. The third kappa shape index (κ3) is 4.49. The Kier molecular flexibility index (Phi) is 5.57. The fraction of sp³-hybridized carbons (Fsp3) is 0.429. The SMILES string of the molecule is C=C(C)CCOc1cc(CCN)ccc1OC. The zero-order chi connectivity index (χ0) is 12.7. The van der Waals surface area contributed by atoms with E-state index in [1.54, 1.807) is 7.11 Å². The van der Waals surface area contributed by atoms with Gasteiger partial charge in [0.05, 0.1) is 13.7 Å². The van der Waals surface area contributed by atoms with Crippen molar-refractivity contribution in [2.24, 2.45) is 5.73 Å². The Morgan fingerprint density at radius 1 is 1.35 bits per heavy atom. The summed E-state index contributed by atoms with van der Waals surface area (Å²) in [6, 6.07) is 5.92. The van der Waals surface area contributed by atoms with Crippen LogP contribution in [0.25, 0.3) is 0 Å². The van der Waals surface area contributed by atoms with Crippen LogP contribution in [-0.2, 0) is 6.42 Å². The van der Waals surface area contributed by atoms with Gasteiger partial charge in [-0.15, -0.1) is 6.58 Å². The van der Waals surface area contributed by atoms with Gasteiger partial charge in [0.25, 0.3) is 0 Å². The van der Waals surface area contributed by atoms with Crippen molar-refractivity contribution in [1.82, 2.24) is 0 Å². The first kappa shape index (κ1) is 13.6. The first-order chi connectivity index (χ1) is 8.17. The predicted octanol–water partition coefficient (Wildman–Crippen LogP) is 2.54. The first-order valence-electron chi connectivity index (χ1n) is 5.81. The number of benzene rings is 1. The number of nitrogens with two attached hydrogens (primary N) is 1. The molecular weight excluding hydrogens is 214 g/mol. The maximum absolute atomic E-state index is 5.70. The molecular formula is C14H21NO2. The summed E-state index contributed by atoms with van der Waals surface area (Å²) in [5.41, 5.74) is 7.82. The number of methoxy groups -OCH3 is 1. The highest BCUT2D eigenvalue weighted by Gasteiger charge is 2.05. The van der Waals surface area contributed by atoms with Gasteiger partial charge in [0, 0.05) is 6.42 Å². The Balaban J connectivity index is 2.71. The lowest BCUT2D eigenvalue weighted by Crippen LogP contribution is -2.04. The van der Waals surface area contributed by atoms with Crippen LogP contribution in [0.2, 0.25) is 0 Å². The summed E-state index contributed by atoms with van der Waals surface area (Å²) in [4.78, 5) is 0. The lowest BCUT2D eigenvalue weighted by molar-refractivity contribution is 0.297. The standard InChI is InChI=1S/C14H21NO2/c1-11(2)7-9-17-14-10-12(6-8-15)4-5-13(14)16-3/h4-5,10H,1,6-9,15H2,2-3H3. The van der Waals surface area contributed by atoms with E-state index in [2.05, 4.69) is 6.58 Å². The molecule has 0 aliphatic heterocycles. The second-order valence-electron chi connectivity index (χ2n) is 4.08. The zero-order valence-corrected chi connectivity index (χ0v) is 10.7. The summed E-state index contributed by atoms with van der Waals surface area (Å²) in [7, 11) is 1.64. The predicted molar refractivity (Wildman–Crippen MR) is 70.7 cm³/mol. The molecule has 0 radical (unpaired) electrons. The molecule has 1 aromatic rings. The van der Waals surface area contributed by atoms with Crippen molar-refractivity contribution >= 4 is 0 Å². The van der Waals surface area contributed by atoms with Crippen molar-refractivity contribution in [3.8, 4) is 11.5 Å². The van der Waals surface area contributed by atoms with Crippen LogP contribution in [-0.4, -0.2) is 20.3 Å². The van der Waals surface area contributed by atoms with E-state index in [1.807, 2.05) is 25.1 Å². The lowest BCUT2D eigenvalue weighted by atomic mass is 10.1. The molecule has 0 aromatic heterocycles. The van der Waals surface area contributed by atoms with Crippen LogP contribution in [0.1, 0.15) is 18.9 Å². The molecule has 0 saturated heterocycles. The fourth-order valence-electron chi connectivity index (χ4n) is 1.49. The molecule has 0 unspecified atom stereocenters.